The Bertz CT molecular complexity index is 289. The highest BCUT2D eigenvalue weighted by molar-refractivity contribution is 5.85. The molecule has 1 aromatic carbocycles. The third kappa shape index (κ3) is 2.71. The minimum Gasteiger partial charge on any atom is -0.326 e. The van der Waals surface area contributed by atoms with Crippen molar-refractivity contribution in [3.05, 3.63) is 35.9 Å². The predicted octanol–water partition coefficient (Wildman–Crippen LogP) is 1.85. The van der Waals surface area contributed by atoms with Gasteiger partial charge in [0.25, 0.3) is 0 Å². The van der Waals surface area contributed by atoms with Crippen molar-refractivity contribution in [2.45, 2.75) is 18.9 Å². The van der Waals surface area contributed by atoms with E-state index in [0.29, 0.717) is 12.0 Å². The Morgan fingerprint density at radius 3 is 2.47 bits per heavy atom. The highest BCUT2D eigenvalue weighted by atomic mass is 35.5. The molecule has 1 aromatic rings. The van der Waals surface area contributed by atoms with Gasteiger partial charge in [-0.15, -0.1) is 12.4 Å². The van der Waals surface area contributed by atoms with Crippen LogP contribution in [-0.4, -0.2) is 30.6 Å². The van der Waals surface area contributed by atoms with Crippen LogP contribution in [0.5, 0.6) is 0 Å². The topological polar surface area (TPSA) is 29.3 Å². The molecule has 1 heterocycles. The minimum absolute atomic E-state index is 0. The zero-order chi connectivity index (χ0) is 9.97. The second-order valence-electron chi connectivity index (χ2n) is 4.03. The lowest BCUT2D eigenvalue weighted by Crippen LogP contribution is -2.28. The van der Waals surface area contributed by atoms with Crippen LogP contribution < -0.4 is 5.73 Å². The molecule has 0 aromatic heterocycles. The monoisotopic (exact) mass is 226 g/mol. The van der Waals surface area contributed by atoms with Gasteiger partial charge in [-0.25, -0.2) is 0 Å². The van der Waals surface area contributed by atoms with E-state index in [9.17, 15) is 0 Å². The summed E-state index contributed by atoms with van der Waals surface area (Å²) >= 11 is 0. The van der Waals surface area contributed by atoms with E-state index < -0.39 is 0 Å². The molecule has 2 nitrogen and oxygen atoms in total. The van der Waals surface area contributed by atoms with E-state index >= 15 is 0 Å². The summed E-state index contributed by atoms with van der Waals surface area (Å²) < 4.78 is 0. The molecule has 0 bridgehead atoms. The van der Waals surface area contributed by atoms with Gasteiger partial charge in [0.1, 0.15) is 0 Å². The summed E-state index contributed by atoms with van der Waals surface area (Å²) in [7, 11) is 0. The highest BCUT2D eigenvalue weighted by Gasteiger charge is 2.29. The average Bonchev–Trinajstić information content (AvgIpc) is 2.61. The van der Waals surface area contributed by atoms with Crippen molar-refractivity contribution in [1.82, 2.24) is 4.90 Å². The number of hydrogen-bond donors (Lipinski definition) is 1. The molecule has 2 rings (SSSR count). The number of hydrogen-bond acceptors (Lipinski definition) is 2. The molecule has 2 atom stereocenters. The van der Waals surface area contributed by atoms with Crippen LogP contribution in [-0.2, 0) is 0 Å². The molecule has 1 saturated heterocycles. The maximum Gasteiger partial charge on any atom is 0.0249 e. The Labute approximate surface area is 97.9 Å². The maximum atomic E-state index is 6.14. The number of rotatable bonds is 2. The number of benzene rings is 1. The van der Waals surface area contributed by atoms with Gasteiger partial charge in [-0.05, 0) is 12.1 Å². The molecule has 0 amide bonds. The van der Waals surface area contributed by atoms with Crippen LogP contribution in [0.2, 0.25) is 0 Å². The lowest BCUT2D eigenvalue weighted by molar-refractivity contribution is 0.350. The molecular formula is C12H19ClN2. The molecule has 1 aliphatic rings. The van der Waals surface area contributed by atoms with E-state index in [4.69, 9.17) is 5.73 Å². The van der Waals surface area contributed by atoms with E-state index in [1.807, 2.05) is 0 Å². The van der Waals surface area contributed by atoms with Crippen LogP contribution in [0.25, 0.3) is 0 Å². The first-order valence-corrected chi connectivity index (χ1v) is 5.34. The Kier molecular flexibility index (Phi) is 4.58. The molecule has 1 aliphatic heterocycles. The van der Waals surface area contributed by atoms with Gasteiger partial charge in [0.15, 0.2) is 0 Å². The van der Waals surface area contributed by atoms with Crippen molar-refractivity contribution in [2.24, 2.45) is 5.73 Å². The first kappa shape index (κ1) is 12.5. The zero-order valence-electron chi connectivity index (χ0n) is 9.10. The molecule has 15 heavy (non-hydrogen) atoms. The number of nitrogens with zero attached hydrogens (tertiary/aromatic N) is 1. The molecule has 1 fully saturated rings. The van der Waals surface area contributed by atoms with Crippen LogP contribution >= 0.6 is 12.4 Å². The summed E-state index contributed by atoms with van der Waals surface area (Å²) in [5, 5.41) is 0. The smallest absolute Gasteiger partial charge is 0.0249 e. The molecule has 0 spiro atoms. The maximum absolute atomic E-state index is 6.14. The molecule has 0 radical (unpaired) electrons. The average molecular weight is 227 g/mol. The van der Waals surface area contributed by atoms with Crippen molar-refractivity contribution >= 4 is 12.4 Å². The van der Waals surface area contributed by atoms with Gasteiger partial charge in [0.2, 0.25) is 0 Å². The fraction of sp³-hybridized carbons (Fsp3) is 0.500. The van der Waals surface area contributed by atoms with Crippen LogP contribution in [0.3, 0.4) is 0 Å². The van der Waals surface area contributed by atoms with Gasteiger partial charge >= 0.3 is 0 Å². The zero-order valence-corrected chi connectivity index (χ0v) is 9.91. The largest absolute Gasteiger partial charge is 0.326 e. The van der Waals surface area contributed by atoms with Gasteiger partial charge in [-0.2, -0.15) is 0 Å². The second kappa shape index (κ2) is 5.50. The summed E-state index contributed by atoms with van der Waals surface area (Å²) in [4.78, 5) is 2.42. The highest BCUT2D eigenvalue weighted by Crippen LogP contribution is 2.25. The van der Waals surface area contributed by atoms with Crippen molar-refractivity contribution in [3.63, 3.8) is 0 Å². The van der Waals surface area contributed by atoms with Crippen LogP contribution in [0, 0.1) is 0 Å². The van der Waals surface area contributed by atoms with E-state index in [2.05, 4.69) is 42.2 Å². The predicted molar refractivity (Wildman–Crippen MR) is 66.5 cm³/mol. The van der Waals surface area contributed by atoms with Crippen molar-refractivity contribution in [1.29, 1.82) is 0 Å². The summed E-state index contributed by atoms with van der Waals surface area (Å²) in [5.41, 5.74) is 7.52. The van der Waals surface area contributed by atoms with E-state index in [1.165, 1.54) is 5.56 Å². The first-order chi connectivity index (χ1) is 6.81. The molecule has 3 heteroatoms. The lowest BCUT2D eigenvalue weighted by Gasteiger charge is -2.14. The Balaban J connectivity index is 0.00000112. The van der Waals surface area contributed by atoms with Crippen molar-refractivity contribution in [2.75, 3.05) is 19.6 Å². The van der Waals surface area contributed by atoms with Crippen LogP contribution in [0.15, 0.2) is 30.3 Å². The number of likely N-dealkylation sites (N-methyl/N-ethyl adjacent to an activating group) is 1. The number of nitrogens with two attached hydrogens (primary N) is 1. The number of likely N-dealkylation sites (tertiary alicyclic amines) is 1. The Hall–Kier alpha value is -0.570. The molecule has 0 unspecified atom stereocenters. The molecular weight excluding hydrogens is 208 g/mol. The quantitative estimate of drug-likeness (QED) is 0.834. The summed E-state index contributed by atoms with van der Waals surface area (Å²) in [6.45, 7) is 5.45. The molecule has 0 aliphatic carbocycles. The second-order valence-corrected chi connectivity index (χ2v) is 4.03. The fourth-order valence-corrected chi connectivity index (χ4v) is 2.22. The number of halogens is 1. The summed E-state index contributed by atoms with van der Waals surface area (Å²) in [6.07, 6.45) is 0. The standard InChI is InChI=1S/C12H18N2.ClH/c1-2-14-8-11(12(13)9-14)10-6-4-3-5-7-10;/h3-7,11-12H,2,8-9,13H2,1H3;1H/t11-,12+;/m0./s1. The van der Waals surface area contributed by atoms with E-state index in [-0.39, 0.29) is 12.4 Å². The van der Waals surface area contributed by atoms with Gasteiger partial charge < -0.3 is 10.6 Å². The van der Waals surface area contributed by atoms with Crippen molar-refractivity contribution < 1.29 is 0 Å². The van der Waals surface area contributed by atoms with Gasteiger partial charge in [0.05, 0.1) is 0 Å². The molecule has 2 N–H and O–H groups in total. The van der Waals surface area contributed by atoms with Gasteiger partial charge in [-0.1, -0.05) is 37.3 Å². The Morgan fingerprint density at radius 1 is 1.27 bits per heavy atom. The van der Waals surface area contributed by atoms with Crippen molar-refractivity contribution in [3.8, 4) is 0 Å². The molecule has 84 valence electrons. The molecule has 0 saturated carbocycles. The first-order valence-electron chi connectivity index (χ1n) is 5.34. The van der Waals surface area contributed by atoms with E-state index in [1.54, 1.807) is 0 Å². The van der Waals surface area contributed by atoms with Crippen LogP contribution in [0.1, 0.15) is 18.4 Å². The fourth-order valence-electron chi connectivity index (χ4n) is 2.22. The SMILES string of the molecule is CCN1C[C@@H](N)[C@H](c2ccccc2)C1.Cl. The third-order valence-electron chi connectivity index (χ3n) is 3.12. The lowest BCUT2D eigenvalue weighted by atomic mass is 9.95. The van der Waals surface area contributed by atoms with Gasteiger partial charge in [-0.3, -0.25) is 0 Å². The van der Waals surface area contributed by atoms with Crippen LogP contribution in [0.4, 0.5) is 0 Å². The third-order valence-corrected chi connectivity index (χ3v) is 3.12. The van der Waals surface area contributed by atoms with E-state index in [0.717, 1.165) is 19.6 Å². The normalized spacial score (nSPS) is 26.3. The summed E-state index contributed by atoms with van der Waals surface area (Å²) in [6, 6.07) is 10.9. The minimum atomic E-state index is 0. The Morgan fingerprint density at radius 2 is 1.93 bits per heavy atom. The summed E-state index contributed by atoms with van der Waals surface area (Å²) in [5.74, 6) is 0.524. The van der Waals surface area contributed by atoms with Gasteiger partial charge in [0, 0.05) is 25.0 Å².